The van der Waals surface area contributed by atoms with E-state index < -0.39 is 10.9 Å². The van der Waals surface area contributed by atoms with Crippen molar-refractivity contribution < 1.29 is 19.7 Å². The molecular weight excluding hydrogens is 300 g/mol. The maximum absolute atomic E-state index is 11.8. The van der Waals surface area contributed by atoms with Gasteiger partial charge < -0.3 is 9.94 Å². The zero-order valence-electron chi connectivity index (χ0n) is 11.7. The Kier molecular flexibility index (Phi) is 3.60. The van der Waals surface area contributed by atoms with Crippen LogP contribution in [0.1, 0.15) is 11.1 Å². The van der Waals surface area contributed by atoms with Crippen LogP contribution >= 0.6 is 0 Å². The first-order valence-corrected chi connectivity index (χ1v) is 6.60. The van der Waals surface area contributed by atoms with Crippen molar-refractivity contribution in [3.63, 3.8) is 0 Å². The summed E-state index contributed by atoms with van der Waals surface area (Å²) >= 11 is 0. The monoisotopic (exact) mass is 310 g/mol. The van der Waals surface area contributed by atoms with E-state index >= 15 is 0 Å². The second kappa shape index (κ2) is 5.72. The number of hydrogen-bond donors (Lipinski definition) is 1. The van der Waals surface area contributed by atoms with Crippen LogP contribution in [0.4, 0.5) is 5.69 Å². The minimum atomic E-state index is -0.605. The summed E-state index contributed by atoms with van der Waals surface area (Å²) in [5, 5.41) is 23.7. The molecule has 0 unspecified atom stereocenters. The third-order valence-electron chi connectivity index (χ3n) is 3.25. The lowest BCUT2D eigenvalue weighted by molar-refractivity contribution is -0.384. The third-order valence-corrected chi connectivity index (χ3v) is 3.25. The first-order valence-electron chi connectivity index (χ1n) is 6.60. The molecule has 7 nitrogen and oxygen atoms in total. The first kappa shape index (κ1) is 14.5. The second-order valence-corrected chi connectivity index (χ2v) is 4.77. The van der Waals surface area contributed by atoms with E-state index in [1.807, 2.05) is 0 Å². The summed E-state index contributed by atoms with van der Waals surface area (Å²) in [6.45, 7) is 0. The van der Waals surface area contributed by atoms with Crippen molar-refractivity contribution in [2.45, 2.75) is 0 Å². The average Bonchev–Trinajstić information content (AvgIpc) is 2.91. The fourth-order valence-corrected chi connectivity index (χ4v) is 2.10. The van der Waals surface area contributed by atoms with E-state index in [-0.39, 0.29) is 17.0 Å². The Morgan fingerprint density at radius 2 is 1.74 bits per heavy atom. The zero-order valence-corrected chi connectivity index (χ0v) is 11.7. The first-order chi connectivity index (χ1) is 11.0. The number of nitro groups is 1. The molecular formula is C16H10N2O5. The molecule has 0 bridgehead atoms. The van der Waals surface area contributed by atoms with E-state index in [2.05, 4.69) is 5.16 Å². The summed E-state index contributed by atoms with van der Waals surface area (Å²) in [5.74, 6) is -0.489. The van der Waals surface area contributed by atoms with Gasteiger partial charge in [0.25, 0.3) is 5.69 Å². The predicted octanol–water partition coefficient (Wildman–Crippen LogP) is 2.64. The van der Waals surface area contributed by atoms with Crippen molar-refractivity contribution in [2.75, 3.05) is 0 Å². The van der Waals surface area contributed by atoms with Crippen molar-refractivity contribution in [3.05, 3.63) is 75.3 Å². The number of nitrogens with zero attached hydrogens (tertiary/aromatic N) is 2. The van der Waals surface area contributed by atoms with Crippen molar-refractivity contribution in [2.24, 2.45) is 5.16 Å². The van der Waals surface area contributed by atoms with Crippen LogP contribution in [-0.2, 0) is 9.63 Å². The van der Waals surface area contributed by atoms with E-state index in [9.17, 15) is 20.0 Å². The number of nitro benzene ring substituents is 1. The average molecular weight is 310 g/mol. The molecule has 0 radical (unpaired) electrons. The number of phenolic OH excluding ortho intramolecular Hbond substituents is 1. The number of non-ortho nitro benzene ring substituents is 1. The molecule has 2 aromatic carbocycles. The second-order valence-electron chi connectivity index (χ2n) is 4.77. The summed E-state index contributed by atoms with van der Waals surface area (Å²) in [4.78, 5) is 26.7. The van der Waals surface area contributed by atoms with Crippen LogP contribution in [0.5, 0.6) is 5.75 Å². The van der Waals surface area contributed by atoms with Crippen molar-refractivity contribution in [3.8, 4) is 5.75 Å². The molecule has 0 spiro atoms. The minimum Gasteiger partial charge on any atom is -0.508 e. The molecule has 114 valence electrons. The smallest absolute Gasteiger partial charge is 0.368 e. The summed E-state index contributed by atoms with van der Waals surface area (Å²) in [6.07, 6.45) is 1.58. The Morgan fingerprint density at radius 3 is 2.35 bits per heavy atom. The van der Waals surface area contributed by atoms with Gasteiger partial charge in [0.15, 0.2) is 0 Å². The van der Waals surface area contributed by atoms with Gasteiger partial charge in [0, 0.05) is 17.7 Å². The number of oxime groups is 1. The van der Waals surface area contributed by atoms with Gasteiger partial charge in [-0.1, -0.05) is 17.3 Å². The van der Waals surface area contributed by atoms with Crippen LogP contribution in [0.2, 0.25) is 0 Å². The van der Waals surface area contributed by atoms with Gasteiger partial charge in [-0.15, -0.1) is 0 Å². The Bertz CT molecular complexity index is 836. The van der Waals surface area contributed by atoms with Gasteiger partial charge in [-0.2, -0.15) is 0 Å². The van der Waals surface area contributed by atoms with Crippen LogP contribution in [0.25, 0.3) is 6.08 Å². The van der Waals surface area contributed by atoms with E-state index in [0.29, 0.717) is 16.8 Å². The van der Waals surface area contributed by atoms with E-state index in [4.69, 9.17) is 4.84 Å². The number of carbonyl (C=O) groups excluding carboxylic acids is 1. The van der Waals surface area contributed by atoms with Gasteiger partial charge >= 0.3 is 5.97 Å². The van der Waals surface area contributed by atoms with Crippen LogP contribution < -0.4 is 0 Å². The van der Waals surface area contributed by atoms with Gasteiger partial charge in [0.05, 0.1) is 10.5 Å². The molecule has 1 aliphatic rings. The largest absolute Gasteiger partial charge is 0.508 e. The Labute approximate surface area is 130 Å². The van der Waals surface area contributed by atoms with Gasteiger partial charge in [-0.25, -0.2) is 4.79 Å². The van der Waals surface area contributed by atoms with Gasteiger partial charge in [0.2, 0.25) is 0 Å². The predicted molar refractivity (Wildman–Crippen MR) is 81.8 cm³/mol. The fraction of sp³-hybridized carbons (Fsp3) is 0. The van der Waals surface area contributed by atoms with Crippen LogP contribution in [0, 0.1) is 10.1 Å². The standard InChI is InChI=1S/C16H10N2O5/c19-13-7-1-10(2-8-13)9-14-15(17-23-16(14)20)11-3-5-12(6-4-11)18(21)22/h1-9,19H. The highest BCUT2D eigenvalue weighted by atomic mass is 16.7. The topological polar surface area (TPSA) is 102 Å². The molecule has 0 saturated carbocycles. The summed E-state index contributed by atoms with van der Waals surface area (Å²) in [6, 6.07) is 11.9. The molecule has 2 aromatic rings. The zero-order chi connectivity index (χ0) is 16.4. The van der Waals surface area contributed by atoms with Crippen LogP contribution in [0.15, 0.2) is 59.3 Å². The normalized spacial score (nSPS) is 15.4. The Balaban J connectivity index is 1.96. The molecule has 0 aromatic heterocycles. The maximum Gasteiger partial charge on any atom is 0.368 e. The van der Waals surface area contributed by atoms with Crippen LogP contribution in [-0.4, -0.2) is 21.7 Å². The quantitative estimate of drug-likeness (QED) is 0.406. The molecule has 0 amide bonds. The number of phenols is 1. The molecule has 1 N–H and O–H groups in total. The SMILES string of the molecule is O=C1ON=C(c2ccc([N+](=O)[O-])cc2)C1=Cc1ccc(O)cc1. The van der Waals surface area contributed by atoms with Crippen molar-refractivity contribution in [1.29, 1.82) is 0 Å². The molecule has 23 heavy (non-hydrogen) atoms. The number of hydrogen-bond acceptors (Lipinski definition) is 6. The molecule has 1 aliphatic heterocycles. The molecule has 0 fully saturated rings. The van der Waals surface area contributed by atoms with E-state index in [0.717, 1.165) is 0 Å². The van der Waals surface area contributed by atoms with E-state index in [1.165, 1.54) is 36.4 Å². The minimum absolute atomic E-state index is 0.0522. The van der Waals surface area contributed by atoms with Crippen molar-refractivity contribution >= 4 is 23.4 Å². The number of benzene rings is 2. The number of rotatable bonds is 3. The summed E-state index contributed by atoms with van der Waals surface area (Å²) < 4.78 is 0. The van der Waals surface area contributed by atoms with Gasteiger partial charge in [-0.3, -0.25) is 10.1 Å². The highest BCUT2D eigenvalue weighted by molar-refractivity contribution is 6.31. The molecule has 0 saturated heterocycles. The lowest BCUT2D eigenvalue weighted by Crippen LogP contribution is -2.06. The Morgan fingerprint density at radius 1 is 1.09 bits per heavy atom. The maximum atomic E-state index is 11.8. The number of carbonyl (C=O) groups is 1. The lowest BCUT2D eigenvalue weighted by Gasteiger charge is -2.01. The van der Waals surface area contributed by atoms with Gasteiger partial charge in [0.1, 0.15) is 11.5 Å². The van der Waals surface area contributed by atoms with Crippen LogP contribution in [0.3, 0.4) is 0 Å². The highest BCUT2D eigenvalue weighted by Crippen LogP contribution is 2.23. The molecule has 1 heterocycles. The van der Waals surface area contributed by atoms with Gasteiger partial charge in [-0.05, 0) is 35.9 Å². The molecule has 0 aliphatic carbocycles. The van der Waals surface area contributed by atoms with Crippen molar-refractivity contribution in [1.82, 2.24) is 0 Å². The highest BCUT2D eigenvalue weighted by Gasteiger charge is 2.27. The third kappa shape index (κ3) is 2.93. The summed E-state index contributed by atoms with van der Waals surface area (Å²) in [7, 11) is 0. The lowest BCUT2D eigenvalue weighted by atomic mass is 10.0. The fourth-order valence-electron chi connectivity index (χ4n) is 2.10. The molecule has 0 atom stereocenters. The molecule has 3 rings (SSSR count). The number of aromatic hydroxyl groups is 1. The van der Waals surface area contributed by atoms with E-state index in [1.54, 1.807) is 18.2 Å². The molecule has 7 heteroatoms. The Hall–Kier alpha value is -3.48. The summed E-state index contributed by atoms with van der Waals surface area (Å²) in [5.41, 5.74) is 1.71.